The molecule has 0 radical (unpaired) electrons. The van der Waals surface area contributed by atoms with Crippen LogP contribution in [0.2, 0.25) is 0 Å². The maximum Gasteiger partial charge on any atom is 0.407 e. The molecule has 6 heteroatoms. The van der Waals surface area contributed by atoms with Crippen LogP contribution in [0.1, 0.15) is 43.2 Å². The Morgan fingerprint density at radius 2 is 1.61 bits per heavy atom. The number of rotatable bonds is 8. The summed E-state index contributed by atoms with van der Waals surface area (Å²) in [6.45, 7) is 1.83. The summed E-state index contributed by atoms with van der Waals surface area (Å²) in [5.41, 5.74) is 4.40. The molecule has 1 atom stereocenters. The van der Waals surface area contributed by atoms with Crippen LogP contribution in [-0.2, 0) is 14.3 Å². The van der Waals surface area contributed by atoms with Crippen molar-refractivity contribution in [3.05, 3.63) is 59.7 Å². The highest BCUT2D eigenvalue weighted by molar-refractivity contribution is 5.83. The van der Waals surface area contributed by atoms with E-state index in [-0.39, 0.29) is 31.1 Å². The van der Waals surface area contributed by atoms with Crippen LogP contribution in [0, 0.1) is 0 Å². The molecule has 1 amide bonds. The highest BCUT2D eigenvalue weighted by Crippen LogP contribution is 2.44. The fourth-order valence-corrected chi connectivity index (χ4v) is 3.52. The second kappa shape index (κ2) is 8.69. The molecule has 0 spiro atoms. The molecule has 1 aliphatic carbocycles. The van der Waals surface area contributed by atoms with Crippen LogP contribution in [-0.4, -0.2) is 35.6 Å². The quantitative estimate of drug-likeness (QED) is 0.727. The molecule has 0 aromatic heterocycles. The third-order valence-corrected chi connectivity index (χ3v) is 5.04. The van der Waals surface area contributed by atoms with Gasteiger partial charge in [-0.3, -0.25) is 4.79 Å². The molecule has 2 aromatic rings. The Morgan fingerprint density at radius 1 is 1.04 bits per heavy atom. The largest absolute Gasteiger partial charge is 0.480 e. The number of carboxylic acids is 1. The SMILES string of the molecule is CCC(=O)CC[C@H](NC(=O)OCC1c2ccccc2-c2ccccc21)C(=O)O. The number of ketones is 1. The van der Waals surface area contributed by atoms with Gasteiger partial charge in [-0.1, -0.05) is 55.5 Å². The van der Waals surface area contributed by atoms with E-state index in [0.717, 1.165) is 22.3 Å². The maximum atomic E-state index is 12.2. The summed E-state index contributed by atoms with van der Waals surface area (Å²) in [5, 5.41) is 11.6. The minimum absolute atomic E-state index is 0.0411. The van der Waals surface area contributed by atoms with Gasteiger partial charge in [-0.05, 0) is 28.7 Å². The van der Waals surface area contributed by atoms with Crippen molar-refractivity contribution in [3.63, 3.8) is 0 Å². The normalized spacial score (nSPS) is 13.3. The monoisotopic (exact) mass is 381 g/mol. The van der Waals surface area contributed by atoms with Gasteiger partial charge in [-0.25, -0.2) is 9.59 Å². The van der Waals surface area contributed by atoms with Gasteiger partial charge >= 0.3 is 12.1 Å². The van der Waals surface area contributed by atoms with Crippen molar-refractivity contribution in [1.29, 1.82) is 0 Å². The second-order valence-electron chi connectivity index (χ2n) is 6.79. The van der Waals surface area contributed by atoms with Gasteiger partial charge in [0.1, 0.15) is 18.4 Å². The first kappa shape index (κ1) is 19.6. The average Bonchev–Trinajstić information content (AvgIpc) is 3.03. The summed E-state index contributed by atoms with van der Waals surface area (Å²) in [7, 11) is 0. The number of benzene rings is 2. The molecule has 146 valence electrons. The van der Waals surface area contributed by atoms with Gasteiger partial charge in [-0.15, -0.1) is 0 Å². The first-order valence-electron chi connectivity index (χ1n) is 9.37. The zero-order chi connectivity index (χ0) is 20.1. The van der Waals surface area contributed by atoms with Crippen molar-refractivity contribution >= 4 is 17.8 Å². The topological polar surface area (TPSA) is 92.7 Å². The van der Waals surface area contributed by atoms with Crippen molar-refractivity contribution in [2.75, 3.05) is 6.61 Å². The Morgan fingerprint density at radius 3 is 2.14 bits per heavy atom. The fraction of sp³-hybridized carbons (Fsp3) is 0.318. The predicted molar refractivity (Wildman–Crippen MR) is 104 cm³/mol. The van der Waals surface area contributed by atoms with Crippen molar-refractivity contribution in [3.8, 4) is 11.1 Å². The van der Waals surface area contributed by atoms with Gasteiger partial charge in [0.25, 0.3) is 0 Å². The average molecular weight is 381 g/mol. The lowest BCUT2D eigenvalue weighted by atomic mass is 9.98. The number of hydrogen-bond donors (Lipinski definition) is 2. The van der Waals surface area contributed by atoms with Crippen LogP contribution < -0.4 is 5.32 Å². The van der Waals surface area contributed by atoms with Gasteiger partial charge in [0.05, 0.1) is 0 Å². The highest BCUT2D eigenvalue weighted by Gasteiger charge is 2.29. The van der Waals surface area contributed by atoms with Crippen LogP contribution >= 0.6 is 0 Å². The van der Waals surface area contributed by atoms with Gasteiger partial charge in [-0.2, -0.15) is 0 Å². The molecule has 6 nitrogen and oxygen atoms in total. The standard InChI is InChI=1S/C22H23NO5/c1-2-14(24)11-12-20(21(25)26)23-22(27)28-13-19-17-9-5-3-7-15(17)16-8-4-6-10-18(16)19/h3-10,19-20H,2,11-13H2,1H3,(H,23,27)(H,25,26)/t20-/m0/s1. The van der Waals surface area contributed by atoms with E-state index in [2.05, 4.69) is 5.32 Å². The summed E-state index contributed by atoms with van der Waals surface area (Å²) >= 11 is 0. The molecule has 28 heavy (non-hydrogen) atoms. The molecule has 0 heterocycles. The van der Waals surface area contributed by atoms with Crippen LogP contribution in [0.15, 0.2) is 48.5 Å². The Hall–Kier alpha value is -3.15. The summed E-state index contributed by atoms with van der Waals surface area (Å²) in [5.74, 6) is -1.32. The lowest BCUT2D eigenvalue weighted by molar-refractivity contribution is -0.139. The van der Waals surface area contributed by atoms with E-state index in [9.17, 15) is 19.5 Å². The number of ether oxygens (including phenoxy) is 1. The minimum atomic E-state index is -1.18. The van der Waals surface area contributed by atoms with Crippen molar-refractivity contribution < 1.29 is 24.2 Å². The first-order valence-corrected chi connectivity index (χ1v) is 9.37. The highest BCUT2D eigenvalue weighted by atomic mass is 16.5. The first-order chi connectivity index (χ1) is 13.5. The molecular formula is C22H23NO5. The third-order valence-electron chi connectivity index (χ3n) is 5.04. The van der Waals surface area contributed by atoms with E-state index < -0.39 is 18.1 Å². The van der Waals surface area contributed by atoms with Crippen molar-refractivity contribution in [1.82, 2.24) is 5.32 Å². The number of carboxylic acid groups (broad SMARTS) is 1. The number of alkyl carbamates (subject to hydrolysis) is 1. The molecule has 2 aromatic carbocycles. The number of carbonyl (C=O) groups excluding carboxylic acids is 2. The summed E-state index contributed by atoms with van der Waals surface area (Å²) in [4.78, 5) is 34.9. The molecule has 0 aliphatic heterocycles. The second-order valence-corrected chi connectivity index (χ2v) is 6.79. The zero-order valence-electron chi connectivity index (χ0n) is 15.7. The van der Waals surface area contributed by atoms with Gasteiger partial charge in [0.2, 0.25) is 0 Å². The number of Topliss-reactive ketones (excluding diaryl/α,β-unsaturated/α-hetero) is 1. The van der Waals surface area contributed by atoms with Gasteiger partial charge < -0.3 is 15.2 Å². The van der Waals surface area contributed by atoms with Crippen molar-refractivity contribution in [2.45, 2.75) is 38.1 Å². The van der Waals surface area contributed by atoms with E-state index in [1.807, 2.05) is 48.5 Å². The number of hydrogen-bond acceptors (Lipinski definition) is 4. The Bertz CT molecular complexity index is 847. The fourth-order valence-electron chi connectivity index (χ4n) is 3.52. The summed E-state index contributed by atoms with van der Waals surface area (Å²) in [6.07, 6.45) is -0.293. The van der Waals surface area contributed by atoms with Gasteiger partial charge in [0.15, 0.2) is 0 Å². The van der Waals surface area contributed by atoms with E-state index in [4.69, 9.17) is 4.74 Å². The molecule has 1 aliphatic rings. The molecule has 0 fully saturated rings. The Balaban J connectivity index is 1.64. The molecular weight excluding hydrogens is 358 g/mol. The van der Waals surface area contributed by atoms with Crippen LogP contribution in [0.4, 0.5) is 4.79 Å². The van der Waals surface area contributed by atoms with Crippen LogP contribution in [0.25, 0.3) is 11.1 Å². The zero-order valence-corrected chi connectivity index (χ0v) is 15.7. The number of fused-ring (bicyclic) bond motifs is 3. The number of nitrogens with one attached hydrogen (secondary N) is 1. The molecule has 0 bridgehead atoms. The smallest absolute Gasteiger partial charge is 0.407 e. The molecule has 0 saturated heterocycles. The lowest BCUT2D eigenvalue weighted by Gasteiger charge is -2.17. The molecule has 0 unspecified atom stereocenters. The molecule has 0 saturated carbocycles. The third kappa shape index (κ3) is 4.22. The Kier molecular flexibility index (Phi) is 6.09. The lowest BCUT2D eigenvalue weighted by Crippen LogP contribution is -2.41. The Labute approximate surface area is 163 Å². The predicted octanol–water partition coefficient (Wildman–Crippen LogP) is 3.74. The molecule has 2 N–H and O–H groups in total. The van der Waals surface area contributed by atoms with E-state index in [1.165, 1.54) is 0 Å². The maximum absolute atomic E-state index is 12.2. The summed E-state index contributed by atoms with van der Waals surface area (Å²) in [6, 6.07) is 14.8. The number of amides is 1. The van der Waals surface area contributed by atoms with Crippen LogP contribution in [0.3, 0.4) is 0 Å². The van der Waals surface area contributed by atoms with Crippen molar-refractivity contribution in [2.24, 2.45) is 0 Å². The van der Waals surface area contributed by atoms with E-state index in [0.29, 0.717) is 6.42 Å². The number of carbonyl (C=O) groups is 3. The van der Waals surface area contributed by atoms with E-state index in [1.54, 1.807) is 6.92 Å². The van der Waals surface area contributed by atoms with E-state index >= 15 is 0 Å². The minimum Gasteiger partial charge on any atom is -0.480 e. The molecule has 3 rings (SSSR count). The number of aliphatic carboxylic acids is 1. The van der Waals surface area contributed by atoms with Crippen LogP contribution in [0.5, 0.6) is 0 Å². The van der Waals surface area contributed by atoms with Gasteiger partial charge in [0, 0.05) is 18.8 Å². The summed E-state index contributed by atoms with van der Waals surface area (Å²) < 4.78 is 5.36.